The average Bonchev–Trinajstić information content (AvgIpc) is 3.20. The van der Waals surface area contributed by atoms with Gasteiger partial charge in [-0.3, -0.25) is 19.8 Å². The number of amides is 1. The van der Waals surface area contributed by atoms with Crippen LogP contribution in [-0.4, -0.2) is 39.0 Å². The number of carbonyl (C=O) groups excluding carboxylic acids is 2. The fraction of sp³-hybridized carbons (Fsp3) is 0.241. The summed E-state index contributed by atoms with van der Waals surface area (Å²) in [7, 11) is -4.54. The van der Waals surface area contributed by atoms with Gasteiger partial charge in [-0.15, -0.1) is 0 Å². The summed E-state index contributed by atoms with van der Waals surface area (Å²) < 4.78 is 37.0. The molecule has 0 unspecified atom stereocenters. The molecular formula is C29H27N2O10P. The highest BCUT2D eigenvalue weighted by atomic mass is 31.2. The number of para-hydroxylation sites is 2. The smallest absolute Gasteiger partial charge is 0.456 e. The number of phosphoric acid groups is 1. The lowest BCUT2D eigenvalue weighted by atomic mass is 9.79. The molecule has 0 bridgehead atoms. The maximum atomic E-state index is 14.2. The molecule has 5 rings (SSSR count). The third-order valence-corrected chi connectivity index (χ3v) is 8.24. The van der Waals surface area contributed by atoms with Crippen LogP contribution >= 0.6 is 7.82 Å². The van der Waals surface area contributed by atoms with E-state index in [0.717, 1.165) is 0 Å². The van der Waals surface area contributed by atoms with Crippen LogP contribution in [0.2, 0.25) is 0 Å². The molecule has 1 N–H and O–H groups in total. The normalized spacial score (nSPS) is 20.3. The summed E-state index contributed by atoms with van der Waals surface area (Å²) in [4.78, 5) is 38.1. The van der Waals surface area contributed by atoms with Gasteiger partial charge < -0.3 is 23.4 Å². The van der Waals surface area contributed by atoms with E-state index < -0.39 is 48.6 Å². The lowest BCUT2D eigenvalue weighted by Crippen LogP contribution is -2.63. The van der Waals surface area contributed by atoms with Crippen LogP contribution in [0, 0.1) is 22.0 Å². The van der Waals surface area contributed by atoms with E-state index in [-0.39, 0.29) is 35.2 Å². The highest BCUT2D eigenvalue weighted by Crippen LogP contribution is 2.57. The van der Waals surface area contributed by atoms with E-state index in [2.05, 4.69) is 0 Å². The summed E-state index contributed by atoms with van der Waals surface area (Å²) in [5.41, 5.74) is 0.0469. The number of phosphoric ester groups is 1. The van der Waals surface area contributed by atoms with Crippen molar-refractivity contribution < 1.29 is 42.5 Å². The van der Waals surface area contributed by atoms with Gasteiger partial charge in [0.25, 0.3) is 5.69 Å². The molecule has 3 aromatic rings. The predicted octanol–water partition coefficient (Wildman–Crippen LogP) is 4.99. The van der Waals surface area contributed by atoms with Crippen molar-refractivity contribution in [2.45, 2.75) is 32.6 Å². The zero-order valence-electron chi connectivity index (χ0n) is 22.6. The number of hydrogen-bond acceptors (Lipinski definition) is 10. The first-order valence-electron chi connectivity index (χ1n) is 13.0. The number of benzene rings is 3. The van der Waals surface area contributed by atoms with Crippen LogP contribution in [0.1, 0.15) is 19.4 Å². The molecule has 13 heteroatoms. The molecule has 0 aromatic heterocycles. The fourth-order valence-corrected chi connectivity index (χ4v) is 6.33. The van der Waals surface area contributed by atoms with Gasteiger partial charge in [0, 0.05) is 18.1 Å². The second-order valence-electron chi connectivity index (χ2n) is 9.81. The van der Waals surface area contributed by atoms with Gasteiger partial charge in [0.05, 0.1) is 23.0 Å². The summed E-state index contributed by atoms with van der Waals surface area (Å²) in [6.45, 7) is 2.87. The Balaban J connectivity index is 1.48. The van der Waals surface area contributed by atoms with Gasteiger partial charge in [-0.2, -0.15) is 4.57 Å². The van der Waals surface area contributed by atoms with Crippen molar-refractivity contribution in [3.05, 3.63) is 112 Å². The Morgan fingerprint density at radius 3 is 2.02 bits per heavy atom. The number of esters is 1. The van der Waals surface area contributed by atoms with Crippen LogP contribution in [0.25, 0.3) is 0 Å². The van der Waals surface area contributed by atoms with Crippen LogP contribution < -0.4 is 9.05 Å². The van der Waals surface area contributed by atoms with E-state index in [0.29, 0.717) is 5.56 Å². The van der Waals surface area contributed by atoms with Crippen molar-refractivity contribution in [2.75, 3.05) is 0 Å². The van der Waals surface area contributed by atoms with Gasteiger partial charge in [0.2, 0.25) is 5.91 Å². The molecule has 2 aliphatic heterocycles. The maximum absolute atomic E-state index is 14.2. The monoisotopic (exact) mass is 594 g/mol. The minimum Gasteiger partial charge on any atom is -0.456 e. The third-order valence-electron chi connectivity index (χ3n) is 6.95. The largest absolute Gasteiger partial charge is 0.646 e. The number of β-lactam (4-membered cyclic amide) rings is 1. The topological polar surface area (TPSA) is 155 Å². The van der Waals surface area contributed by atoms with Gasteiger partial charge >= 0.3 is 13.8 Å². The molecule has 1 amide bonds. The second-order valence-corrected chi connectivity index (χ2v) is 11.3. The molecule has 2 aliphatic rings. The molecular weight excluding hydrogens is 567 g/mol. The van der Waals surface area contributed by atoms with Crippen LogP contribution in [0.3, 0.4) is 0 Å². The number of hydrogen-bond donors (Lipinski definition) is 1. The number of nitro groups is 1. The number of nitro benzene ring substituents is 1. The SMILES string of the molecule is C[C@@H](O)[C@H]1C(=O)N2C(C(=O)OCc3ccc([N+](=O)[O-])cc3)=C(OP(=O)(Oc3ccccc3)Oc3ccccc3)[C@H](C)[C@@H]12. The average molecular weight is 595 g/mol. The summed E-state index contributed by atoms with van der Waals surface area (Å²) in [5.74, 6) is -2.82. The molecule has 12 nitrogen and oxygen atoms in total. The summed E-state index contributed by atoms with van der Waals surface area (Å²) in [5, 5.41) is 21.2. The number of aliphatic hydroxyl groups is 1. The molecule has 1 fully saturated rings. The lowest BCUT2D eigenvalue weighted by Gasteiger charge is -2.46. The first-order chi connectivity index (χ1) is 20.1. The van der Waals surface area contributed by atoms with E-state index in [1.807, 2.05) is 0 Å². The number of nitrogens with zero attached hydrogens (tertiary/aromatic N) is 2. The van der Waals surface area contributed by atoms with Gasteiger partial charge in [0.1, 0.15) is 23.9 Å². The molecule has 218 valence electrons. The van der Waals surface area contributed by atoms with Crippen molar-refractivity contribution >= 4 is 25.4 Å². The molecule has 3 aromatic carbocycles. The Hall–Kier alpha value is -4.67. The predicted molar refractivity (Wildman–Crippen MR) is 148 cm³/mol. The van der Waals surface area contributed by atoms with Crippen molar-refractivity contribution in [3.8, 4) is 11.5 Å². The Morgan fingerprint density at radius 2 is 1.52 bits per heavy atom. The molecule has 4 atom stereocenters. The molecule has 0 spiro atoms. The van der Waals surface area contributed by atoms with Crippen molar-refractivity contribution in [1.82, 2.24) is 4.90 Å². The molecule has 42 heavy (non-hydrogen) atoms. The molecule has 0 saturated carbocycles. The van der Waals surface area contributed by atoms with Gasteiger partial charge in [0.15, 0.2) is 5.70 Å². The number of ether oxygens (including phenoxy) is 1. The number of carbonyl (C=O) groups is 2. The molecule has 0 aliphatic carbocycles. The highest BCUT2D eigenvalue weighted by Gasteiger charge is 2.62. The molecule has 1 saturated heterocycles. The standard InChI is InChI=1S/C29H27N2O10P/c1-18-25-24(19(2)32)28(33)30(25)26(29(34)38-17-20-13-15-21(16-14-20)31(35)36)27(18)41-42(37,39-22-9-5-3-6-10-22)40-23-11-7-4-8-12-23/h3-16,18-19,24-25,32H,17H2,1-2H3/t18-,19-,24-,25+/m1/s1. The first kappa shape index (κ1) is 28.8. The van der Waals surface area contributed by atoms with E-state index in [1.54, 1.807) is 67.6 Å². The maximum Gasteiger partial charge on any atom is 0.646 e. The highest BCUT2D eigenvalue weighted by molar-refractivity contribution is 7.49. The summed E-state index contributed by atoms with van der Waals surface area (Å²) in [6.07, 6.45) is -1.02. The fourth-order valence-electron chi connectivity index (χ4n) is 4.96. The van der Waals surface area contributed by atoms with E-state index in [1.165, 1.54) is 36.1 Å². The second kappa shape index (κ2) is 11.7. The van der Waals surface area contributed by atoms with E-state index in [9.17, 15) is 29.4 Å². The lowest BCUT2D eigenvalue weighted by molar-refractivity contribution is -0.384. The summed E-state index contributed by atoms with van der Waals surface area (Å²) >= 11 is 0. The van der Waals surface area contributed by atoms with Crippen molar-refractivity contribution in [2.24, 2.45) is 11.8 Å². The quantitative estimate of drug-likeness (QED) is 0.106. The Bertz CT molecular complexity index is 1510. The van der Waals surface area contributed by atoms with Crippen molar-refractivity contribution in [3.63, 3.8) is 0 Å². The van der Waals surface area contributed by atoms with Gasteiger partial charge in [-0.05, 0) is 48.9 Å². The number of aliphatic hydroxyl groups excluding tert-OH is 1. The van der Waals surface area contributed by atoms with Crippen molar-refractivity contribution in [1.29, 1.82) is 0 Å². The number of rotatable bonds is 11. The number of non-ortho nitro benzene ring substituents is 1. The van der Waals surface area contributed by atoms with Crippen LogP contribution in [0.15, 0.2) is 96.4 Å². The van der Waals surface area contributed by atoms with Crippen LogP contribution in [0.4, 0.5) is 5.69 Å². The Morgan fingerprint density at radius 1 is 0.976 bits per heavy atom. The Labute approximate surface area is 240 Å². The molecule has 0 radical (unpaired) electrons. The van der Waals surface area contributed by atoms with Gasteiger partial charge in [-0.25, -0.2) is 4.79 Å². The zero-order valence-corrected chi connectivity index (χ0v) is 23.5. The molecule has 2 heterocycles. The third kappa shape index (κ3) is 5.72. The summed E-state index contributed by atoms with van der Waals surface area (Å²) in [6, 6.07) is 21.1. The van der Waals surface area contributed by atoms with Crippen LogP contribution in [-0.2, 0) is 30.0 Å². The van der Waals surface area contributed by atoms with E-state index >= 15 is 0 Å². The Kier molecular flexibility index (Phi) is 8.02. The van der Waals surface area contributed by atoms with Crippen LogP contribution in [0.5, 0.6) is 11.5 Å². The minimum absolute atomic E-state index is 0.126. The minimum atomic E-state index is -4.54. The first-order valence-corrected chi connectivity index (χ1v) is 14.5. The zero-order chi connectivity index (χ0) is 30.0. The number of fused-ring (bicyclic) bond motifs is 1. The van der Waals surface area contributed by atoms with E-state index in [4.69, 9.17) is 18.3 Å². The van der Waals surface area contributed by atoms with Gasteiger partial charge in [-0.1, -0.05) is 43.3 Å².